The molecule has 2 aromatic carbocycles. The molecule has 1 aromatic heterocycles. The van der Waals surface area contributed by atoms with Gasteiger partial charge >= 0.3 is 175 Å². The maximum absolute atomic E-state index is 5.44. The van der Waals surface area contributed by atoms with E-state index in [4.69, 9.17) is 4.42 Å². The molecule has 0 amide bonds. The van der Waals surface area contributed by atoms with E-state index < -0.39 is 21.3 Å². The molecule has 0 aliphatic heterocycles. The molecule has 0 N–H and O–H groups in total. The molecule has 152 valence electrons. The van der Waals surface area contributed by atoms with E-state index in [-0.39, 0.29) is 24.8 Å². The Morgan fingerprint density at radius 2 is 1.47 bits per heavy atom. The van der Waals surface area contributed by atoms with E-state index in [9.17, 15) is 0 Å². The van der Waals surface area contributed by atoms with E-state index in [2.05, 4.69) is 87.5 Å². The van der Waals surface area contributed by atoms with Gasteiger partial charge in [0, 0.05) is 0 Å². The summed E-state index contributed by atoms with van der Waals surface area (Å²) in [4.78, 5) is 0. The topological polar surface area (TPSA) is 13.1 Å². The van der Waals surface area contributed by atoms with Crippen molar-refractivity contribution in [2.24, 2.45) is 5.92 Å². The van der Waals surface area contributed by atoms with E-state index in [1.165, 1.54) is 33.4 Å². The van der Waals surface area contributed by atoms with Crippen LogP contribution in [0.25, 0.3) is 16.7 Å². The summed E-state index contributed by atoms with van der Waals surface area (Å²) in [6.45, 7) is 7.13. The molecular formula is C26H24Cl2OZr. The van der Waals surface area contributed by atoms with Crippen molar-refractivity contribution in [3.05, 3.63) is 99.2 Å². The monoisotopic (exact) mass is 512 g/mol. The van der Waals surface area contributed by atoms with Crippen LogP contribution in [-0.4, -0.2) is 3.21 Å². The van der Waals surface area contributed by atoms with Crippen molar-refractivity contribution in [1.82, 2.24) is 0 Å². The summed E-state index contributed by atoms with van der Waals surface area (Å²) < 4.78 is 9.36. The fourth-order valence-corrected chi connectivity index (χ4v) is 13.9. The first kappa shape index (κ1) is 23.2. The van der Waals surface area contributed by atoms with Crippen molar-refractivity contribution in [3.8, 4) is 11.1 Å². The third kappa shape index (κ3) is 3.68. The van der Waals surface area contributed by atoms with Crippen LogP contribution in [-0.2, 0) is 21.3 Å². The standard InChI is InChI=1S/C13H9.C10H9O.C3H6.2ClH.Zr/c1-3-7-12-10(5-1)9-11-6-2-4-8-13(11)12;1-8-2-3-9(6-8)10-4-5-11-7-10;1-3-2;;;/h1-9H;2-5,7-8H,1H3;1-2H3;2*1H;/q;;;;;+2/p-2. The predicted octanol–water partition coefficient (Wildman–Crippen LogP) is 0.805. The summed E-state index contributed by atoms with van der Waals surface area (Å²) in [6, 6.07) is 20.3. The molecule has 4 heteroatoms. The fraction of sp³-hybridized carbons (Fsp3) is 0.192. The quantitative estimate of drug-likeness (QED) is 0.504. The van der Waals surface area contributed by atoms with Gasteiger partial charge in [-0.2, -0.15) is 0 Å². The minimum absolute atomic E-state index is 0. The van der Waals surface area contributed by atoms with E-state index in [0.29, 0.717) is 9.54 Å². The Kier molecular flexibility index (Phi) is 7.23. The molecule has 3 aromatic rings. The van der Waals surface area contributed by atoms with Crippen LogP contribution in [0.3, 0.4) is 0 Å². The molecule has 0 saturated carbocycles. The van der Waals surface area contributed by atoms with Gasteiger partial charge in [0.25, 0.3) is 0 Å². The molecular weight excluding hydrogens is 490 g/mol. The van der Waals surface area contributed by atoms with Gasteiger partial charge in [-0.1, -0.05) is 0 Å². The Labute approximate surface area is 198 Å². The molecule has 1 atom stereocenters. The number of benzene rings is 2. The van der Waals surface area contributed by atoms with Gasteiger partial charge in [-0.15, -0.1) is 0 Å². The zero-order valence-corrected chi connectivity index (χ0v) is 21.3. The summed E-state index contributed by atoms with van der Waals surface area (Å²) in [5.74, 6) is 0.508. The van der Waals surface area contributed by atoms with Crippen LogP contribution in [0.2, 0.25) is 0 Å². The largest absolute Gasteiger partial charge is 1.00 e. The first-order valence-corrected chi connectivity index (χ1v) is 13.9. The summed E-state index contributed by atoms with van der Waals surface area (Å²) in [5, 5.41) is 0. The van der Waals surface area contributed by atoms with Crippen molar-refractivity contribution < 1.29 is 50.5 Å². The molecule has 0 bridgehead atoms. The van der Waals surface area contributed by atoms with E-state index in [1.54, 1.807) is 12.8 Å². The molecule has 2 aliphatic carbocycles. The maximum atomic E-state index is 5.44. The third-order valence-electron chi connectivity index (χ3n) is 6.08. The number of allylic oxidation sites excluding steroid dienone is 4. The molecule has 0 saturated heterocycles. The first-order chi connectivity index (χ1) is 13.7. The molecule has 0 fully saturated rings. The van der Waals surface area contributed by atoms with E-state index >= 15 is 0 Å². The van der Waals surface area contributed by atoms with Gasteiger partial charge in [-0.25, -0.2) is 0 Å². The van der Waals surface area contributed by atoms with Crippen LogP contribution in [0.15, 0.2) is 87.0 Å². The first-order valence-electron chi connectivity index (χ1n) is 9.97. The second-order valence-electron chi connectivity index (χ2n) is 8.01. The molecule has 2 aliphatic rings. The van der Waals surface area contributed by atoms with Gasteiger partial charge in [0.15, 0.2) is 0 Å². The van der Waals surface area contributed by atoms with Crippen molar-refractivity contribution in [2.45, 2.75) is 24.4 Å². The van der Waals surface area contributed by atoms with Crippen LogP contribution in [0.4, 0.5) is 0 Å². The molecule has 0 radical (unpaired) electrons. The van der Waals surface area contributed by atoms with Crippen molar-refractivity contribution in [2.75, 3.05) is 0 Å². The summed E-state index contributed by atoms with van der Waals surface area (Å²) in [5.41, 5.74) is 8.60. The number of rotatable bonds is 3. The zero-order chi connectivity index (χ0) is 19.3. The Morgan fingerprint density at radius 3 is 2.00 bits per heavy atom. The van der Waals surface area contributed by atoms with Gasteiger partial charge in [-0.05, 0) is 0 Å². The number of furan rings is 1. The van der Waals surface area contributed by atoms with Crippen LogP contribution in [0.1, 0.15) is 41.1 Å². The number of hydrogen-bond donors (Lipinski definition) is 0. The van der Waals surface area contributed by atoms with Crippen LogP contribution < -0.4 is 24.8 Å². The summed E-state index contributed by atoms with van der Waals surface area (Å²) in [6.07, 6.45) is 8.41. The van der Waals surface area contributed by atoms with Crippen LogP contribution >= 0.6 is 0 Å². The second kappa shape index (κ2) is 9.35. The van der Waals surface area contributed by atoms with Crippen molar-refractivity contribution in [1.29, 1.82) is 0 Å². The predicted molar refractivity (Wildman–Crippen MR) is 114 cm³/mol. The minimum atomic E-state index is -2.21. The Hall–Kier alpha value is -1.47. The van der Waals surface area contributed by atoms with Crippen molar-refractivity contribution >= 4 is 8.78 Å². The smallest absolute Gasteiger partial charge is 1.00 e. The van der Waals surface area contributed by atoms with Crippen LogP contribution in [0.5, 0.6) is 0 Å². The van der Waals surface area contributed by atoms with Gasteiger partial charge in [0.05, 0.1) is 0 Å². The maximum Gasteiger partial charge on any atom is -1.00 e. The Balaban J connectivity index is 0.00000128. The van der Waals surface area contributed by atoms with Gasteiger partial charge < -0.3 is 24.8 Å². The third-order valence-corrected chi connectivity index (χ3v) is 14.9. The van der Waals surface area contributed by atoms with Crippen molar-refractivity contribution in [3.63, 3.8) is 0 Å². The molecule has 1 unspecified atom stereocenters. The van der Waals surface area contributed by atoms with Gasteiger partial charge in [-0.3, -0.25) is 0 Å². The fourth-order valence-electron chi connectivity index (χ4n) is 4.91. The molecule has 1 nitrogen and oxygen atoms in total. The zero-order valence-electron chi connectivity index (χ0n) is 17.3. The number of halogens is 2. The number of fused-ring (bicyclic) bond motifs is 3. The van der Waals surface area contributed by atoms with E-state index in [0.717, 1.165) is 0 Å². The average Bonchev–Trinajstić information content (AvgIpc) is 3.42. The van der Waals surface area contributed by atoms with E-state index in [1.807, 2.05) is 6.26 Å². The summed E-state index contributed by atoms with van der Waals surface area (Å²) >= 11 is -2.21. The SMILES string of the molecule is C[C](C)=[Zr+2]([C]1=C(c2ccoc2)C=CC1C)[CH]1c2ccccc2-c2ccccc21.[Cl-].[Cl-]. The normalized spacial score (nSPS) is 16.3. The van der Waals surface area contributed by atoms with Gasteiger partial charge in [0.2, 0.25) is 0 Å². The number of hydrogen-bond acceptors (Lipinski definition) is 1. The Bertz CT molecular complexity index is 1110. The minimum Gasteiger partial charge on any atom is -1.00 e. The Morgan fingerprint density at radius 1 is 0.867 bits per heavy atom. The average molecular weight is 515 g/mol. The second-order valence-corrected chi connectivity index (χ2v) is 15.2. The molecule has 5 rings (SSSR count). The molecule has 30 heavy (non-hydrogen) atoms. The molecule has 1 heterocycles. The van der Waals surface area contributed by atoms with Crippen LogP contribution in [0, 0.1) is 5.92 Å². The summed E-state index contributed by atoms with van der Waals surface area (Å²) in [7, 11) is 0. The van der Waals surface area contributed by atoms with Gasteiger partial charge in [0.1, 0.15) is 0 Å². The molecule has 0 spiro atoms.